The molecule has 0 aliphatic carbocycles. The Bertz CT molecular complexity index is 471. The van der Waals surface area contributed by atoms with Crippen LogP contribution >= 0.6 is 11.6 Å². The lowest BCUT2D eigenvalue weighted by molar-refractivity contribution is -0.140. The zero-order valence-corrected chi connectivity index (χ0v) is 12.2. The molecule has 7 heteroatoms. The van der Waals surface area contributed by atoms with Crippen molar-refractivity contribution < 1.29 is 14.1 Å². The van der Waals surface area contributed by atoms with Crippen molar-refractivity contribution in [2.24, 2.45) is 5.41 Å². The van der Waals surface area contributed by atoms with Gasteiger partial charge in [0.15, 0.2) is 5.82 Å². The largest absolute Gasteiger partial charge is 0.360 e. The first-order chi connectivity index (χ1) is 8.76. The summed E-state index contributed by atoms with van der Waals surface area (Å²) in [6.45, 7) is 5.13. The Morgan fingerprint density at radius 1 is 1.53 bits per heavy atom. The second-order valence-corrected chi connectivity index (χ2v) is 5.32. The van der Waals surface area contributed by atoms with Gasteiger partial charge in [0.05, 0.1) is 12.0 Å². The van der Waals surface area contributed by atoms with E-state index >= 15 is 0 Å². The van der Waals surface area contributed by atoms with Crippen LogP contribution in [0.4, 0.5) is 5.82 Å². The van der Waals surface area contributed by atoms with Crippen LogP contribution in [0.3, 0.4) is 0 Å². The number of likely N-dealkylation sites (N-methyl/N-ethyl adjacent to an activating group) is 1. The third-order valence-corrected chi connectivity index (χ3v) is 3.20. The standard InChI is InChI=1S/C12H18ClN3O3/c1-8-5-9(15-19-8)14-10(17)6-16(4)11(18)12(2,3)7-13/h5H,6-7H2,1-4H3,(H,14,15,17). The summed E-state index contributed by atoms with van der Waals surface area (Å²) in [6.07, 6.45) is 0. The lowest BCUT2D eigenvalue weighted by Crippen LogP contribution is -2.43. The summed E-state index contributed by atoms with van der Waals surface area (Å²) in [7, 11) is 1.56. The number of aryl methyl sites for hydroxylation is 1. The number of nitrogens with one attached hydrogen (secondary N) is 1. The molecular formula is C12H18ClN3O3. The fourth-order valence-corrected chi connectivity index (χ4v) is 1.58. The number of rotatable bonds is 5. The van der Waals surface area contributed by atoms with Crippen molar-refractivity contribution in [3.05, 3.63) is 11.8 Å². The maximum Gasteiger partial charge on any atom is 0.245 e. The molecule has 0 aliphatic heterocycles. The van der Waals surface area contributed by atoms with E-state index in [0.29, 0.717) is 11.6 Å². The molecule has 0 saturated carbocycles. The smallest absolute Gasteiger partial charge is 0.245 e. The fraction of sp³-hybridized carbons (Fsp3) is 0.583. The van der Waals surface area contributed by atoms with Gasteiger partial charge >= 0.3 is 0 Å². The van der Waals surface area contributed by atoms with Crippen molar-refractivity contribution in [1.82, 2.24) is 10.1 Å². The molecule has 0 radical (unpaired) electrons. The molecule has 1 heterocycles. The number of aromatic nitrogens is 1. The maximum atomic E-state index is 12.0. The molecule has 0 atom stereocenters. The van der Waals surface area contributed by atoms with Gasteiger partial charge in [0.2, 0.25) is 11.8 Å². The first kappa shape index (κ1) is 15.5. The number of amides is 2. The number of hydrogen-bond acceptors (Lipinski definition) is 4. The van der Waals surface area contributed by atoms with Gasteiger partial charge in [-0.3, -0.25) is 9.59 Å². The number of carbonyl (C=O) groups is 2. The van der Waals surface area contributed by atoms with Gasteiger partial charge in [0.25, 0.3) is 0 Å². The first-order valence-corrected chi connectivity index (χ1v) is 6.34. The second kappa shape index (κ2) is 6.06. The Balaban J connectivity index is 2.55. The molecule has 0 aliphatic rings. The van der Waals surface area contributed by atoms with Gasteiger partial charge in [-0.2, -0.15) is 0 Å². The third-order valence-electron chi connectivity index (χ3n) is 2.54. The van der Waals surface area contributed by atoms with Crippen molar-refractivity contribution in [3.63, 3.8) is 0 Å². The van der Waals surface area contributed by atoms with E-state index in [2.05, 4.69) is 10.5 Å². The van der Waals surface area contributed by atoms with Crippen LogP contribution in [-0.4, -0.2) is 41.3 Å². The molecule has 0 bridgehead atoms. The van der Waals surface area contributed by atoms with Crippen molar-refractivity contribution in [2.75, 3.05) is 24.8 Å². The molecule has 1 aromatic heterocycles. The molecule has 1 aromatic rings. The Morgan fingerprint density at radius 3 is 2.63 bits per heavy atom. The average molecular weight is 288 g/mol. The topological polar surface area (TPSA) is 75.4 Å². The van der Waals surface area contributed by atoms with Crippen LogP contribution in [0.2, 0.25) is 0 Å². The molecule has 1 rings (SSSR count). The first-order valence-electron chi connectivity index (χ1n) is 5.81. The molecule has 1 N–H and O–H groups in total. The summed E-state index contributed by atoms with van der Waals surface area (Å²) in [5, 5.41) is 6.19. The summed E-state index contributed by atoms with van der Waals surface area (Å²) < 4.78 is 4.83. The van der Waals surface area contributed by atoms with Gasteiger partial charge < -0.3 is 14.7 Å². The molecule has 6 nitrogen and oxygen atoms in total. The third kappa shape index (κ3) is 4.24. The highest BCUT2D eigenvalue weighted by Crippen LogP contribution is 2.19. The second-order valence-electron chi connectivity index (χ2n) is 5.05. The van der Waals surface area contributed by atoms with Crippen LogP contribution in [0.15, 0.2) is 10.6 Å². The molecule has 106 valence electrons. The molecule has 0 saturated heterocycles. The van der Waals surface area contributed by atoms with E-state index in [1.165, 1.54) is 4.90 Å². The zero-order valence-electron chi connectivity index (χ0n) is 11.5. The number of carbonyl (C=O) groups excluding carboxylic acids is 2. The van der Waals surface area contributed by atoms with Gasteiger partial charge in [-0.15, -0.1) is 11.6 Å². The fourth-order valence-electron chi connectivity index (χ4n) is 1.47. The predicted molar refractivity (Wildman–Crippen MR) is 72.0 cm³/mol. The van der Waals surface area contributed by atoms with Crippen LogP contribution < -0.4 is 5.32 Å². The van der Waals surface area contributed by atoms with Crippen LogP contribution in [0.5, 0.6) is 0 Å². The quantitative estimate of drug-likeness (QED) is 0.836. The van der Waals surface area contributed by atoms with E-state index in [-0.39, 0.29) is 24.2 Å². The summed E-state index contributed by atoms with van der Waals surface area (Å²) in [5.74, 6) is 0.603. The summed E-state index contributed by atoms with van der Waals surface area (Å²) in [6, 6.07) is 1.60. The van der Waals surface area contributed by atoms with Crippen molar-refractivity contribution in [2.45, 2.75) is 20.8 Å². The van der Waals surface area contributed by atoms with Crippen molar-refractivity contribution in [1.29, 1.82) is 0 Å². The Labute approximate surface area is 117 Å². The van der Waals surface area contributed by atoms with E-state index in [1.807, 2.05) is 0 Å². The van der Waals surface area contributed by atoms with E-state index in [1.54, 1.807) is 33.9 Å². The van der Waals surface area contributed by atoms with Crippen LogP contribution in [0.1, 0.15) is 19.6 Å². The van der Waals surface area contributed by atoms with Gasteiger partial charge in [-0.1, -0.05) is 5.16 Å². The minimum atomic E-state index is -0.693. The van der Waals surface area contributed by atoms with Crippen LogP contribution in [-0.2, 0) is 9.59 Å². The highest BCUT2D eigenvalue weighted by molar-refractivity contribution is 6.19. The SMILES string of the molecule is Cc1cc(NC(=O)CN(C)C(=O)C(C)(C)CCl)no1. The molecule has 0 aromatic carbocycles. The molecular weight excluding hydrogens is 270 g/mol. The van der Waals surface area contributed by atoms with Gasteiger partial charge in [-0.25, -0.2) is 0 Å². The van der Waals surface area contributed by atoms with E-state index in [9.17, 15) is 9.59 Å². The van der Waals surface area contributed by atoms with Gasteiger partial charge in [0.1, 0.15) is 5.76 Å². The van der Waals surface area contributed by atoms with E-state index in [0.717, 1.165) is 0 Å². The molecule has 19 heavy (non-hydrogen) atoms. The highest BCUT2D eigenvalue weighted by Gasteiger charge is 2.30. The van der Waals surface area contributed by atoms with Crippen LogP contribution in [0, 0.1) is 12.3 Å². The highest BCUT2D eigenvalue weighted by atomic mass is 35.5. The molecule has 0 spiro atoms. The summed E-state index contributed by atoms with van der Waals surface area (Å²) >= 11 is 5.73. The molecule has 2 amide bonds. The summed E-state index contributed by atoms with van der Waals surface area (Å²) in [5.41, 5.74) is -0.693. The Morgan fingerprint density at radius 2 is 2.16 bits per heavy atom. The number of anilines is 1. The van der Waals surface area contributed by atoms with Gasteiger partial charge in [0, 0.05) is 19.0 Å². The minimum absolute atomic E-state index is 0.0644. The summed E-state index contributed by atoms with van der Waals surface area (Å²) in [4.78, 5) is 25.1. The number of hydrogen-bond donors (Lipinski definition) is 1. The van der Waals surface area contributed by atoms with E-state index in [4.69, 9.17) is 16.1 Å². The Hall–Kier alpha value is -1.56. The van der Waals surface area contributed by atoms with E-state index < -0.39 is 5.41 Å². The van der Waals surface area contributed by atoms with Crippen molar-refractivity contribution in [3.8, 4) is 0 Å². The predicted octanol–water partition coefficient (Wildman–Crippen LogP) is 1.64. The normalized spacial score (nSPS) is 11.2. The molecule has 0 fully saturated rings. The maximum absolute atomic E-state index is 12.0. The lowest BCUT2D eigenvalue weighted by atomic mass is 9.94. The number of nitrogens with zero attached hydrogens (tertiary/aromatic N) is 2. The van der Waals surface area contributed by atoms with Gasteiger partial charge in [-0.05, 0) is 20.8 Å². The van der Waals surface area contributed by atoms with Crippen LogP contribution in [0.25, 0.3) is 0 Å². The number of halogens is 1. The minimum Gasteiger partial charge on any atom is -0.360 e. The number of alkyl halides is 1. The lowest BCUT2D eigenvalue weighted by Gasteiger charge is -2.26. The monoisotopic (exact) mass is 287 g/mol. The Kier molecular flexibility index (Phi) is 4.94. The average Bonchev–Trinajstić information content (AvgIpc) is 2.73. The molecule has 0 unspecified atom stereocenters. The zero-order chi connectivity index (χ0) is 14.6. The van der Waals surface area contributed by atoms with Crippen molar-refractivity contribution >= 4 is 29.2 Å².